The molecule has 0 aromatic heterocycles. The van der Waals surface area contributed by atoms with Crippen molar-refractivity contribution in [2.24, 2.45) is 0 Å². The van der Waals surface area contributed by atoms with Crippen molar-refractivity contribution >= 4 is 29.0 Å². The minimum absolute atomic E-state index is 0.0273. The Labute approximate surface area is 135 Å². The quantitative estimate of drug-likeness (QED) is 0.932. The van der Waals surface area contributed by atoms with Crippen molar-refractivity contribution in [3.8, 4) is 0 Å². The first kappa shape index (κ1) is 15.0. The number of fused-ring (bicyclic) bond motifs is 1. The van der Waals surface area contributed by atoms with Crippen LogP contribution in [0, 0.1) is 6.92 Å². The Morgan fingerprint density at radius 2 is 2.09 bits per heavy atom. The van der Waals surface area contributed by atoms with Gasteiger partial charge >= 0.3 is 0 Å². The van der Waals surface area contributed by atoms with Crippen molar-refractivity contribution in [2.75, 3.05) is 23.3 Å². The van der Waals surface area contributed by atoms with Gasteiger partial charge in [-0.1, -0.05) is 31.2 Å². The van der Waals surface area contributed by atoms with Crippen LogP contribution in [0.1, 0.15) is 12.5 Å². The zero-order valence-corrected chi connectivity index (χ0v) is 13.7. The minimum atomic E-state index is 0.0273. The van der Waals surface area contributed by atoms with Gasteiger partial charge in [0.15, 0.2) is 0 Å². The van der Waals surface area contributed by atoms with Crippen LogP contribution in [0.2, 0.25) is 0 Å². The average molecular weight is 312 g/mol. The summed E-state index contributed by atoms with van der Waals surface area (Å²) in [6.45, 7) is 5.50. The molecule has 0 radical (unpaired) electrons. The molecule has 2 aromatic carbocycles. The molecular formula is C18H20N2OS. The second kappa shape index (κ2) is 6.44. The van der Waals surface area contributed by atoms with Gasteiger partial charge in [-0.05, 0) is 36.8 Å². The normalized spacial score (nSPS) is 17.0. The number of hydrogen-bond donors (Lipinski definition) is 1. The smallest absolute Gasteiger partial charge is 0.243 e. The molecule has 0 bridgehead atoms. The van der Waals surface area contributed by atoms with Gasteiger partial charge in [0.05, 0.1) is 12.2 Å². The van der Waals surface area contributed by atoms with E-state index in [0.29, 0.717) is 11.8 Å². The maximum absolute atomic E-state index is 12.3. The number of carbonyl (C=O) groups is 1. The van der Waals surface area contributed by atoms with Crippen LogP contribution in [0.3, 0.4) is 0 Å². The van der Waals surface area contributed by atoms with Crippen molar-refractivity contribution in [2.45, 2.75) is 24.0 Å². The van der Waals surface area contributed by atoms with E-state index in [1.165, 1.54) is 4.90 Å². The molecule has 3 nitrogen and oxygen atoms in total. The molecule has 0 aliphatic carbocycles. The number of benzene rings is 2. The Hall–Kier alpha value is -1.94. The standard InChI is InChI=1S/C18H20N2OS/c1-13-6-5-7-15(10-13)19-18(21)12-20-11-14(2)22-17-9-4-3-8-16(17)20/h3-10,14H,11-12H2,1-2H3,(H,19,21). The monoisotopic (exact) mass is 312 g/mol. The molecule has 22 heavy (non-hydrogen) atoms. The zero-order valence-electron chi connectivity index (χ0n) is 12.9. The highest BCUT2D eigenvalue weighted by Gasteiger charge is 2.23. The largest absolute Gasteiger partial charge is 0.360 e. The summed E-state index contributed by atoms with van der Waals surface area (Å²) in [5.74, 6) is 0.0273. The van der Waals surface area contributed by atoms with Crippen molar-refractivity contribution < 1.29 is 4.79 Å². The van der Waals surface area contributed by atoms with E-state index in [-0.39, 0.29) is 5.91 Å². The van der Waals surface area contributed by atoms with Gasteiger partial charge in [0.25, 0.3) is 0 Å². The molecule has 4 heteroatoms. The van der Waals surface area contributed by atoms with Gasteiger partial charge in [-0.3, -0.25) is 4.79 Å². The van der Waals surface area contributed by atoms with E-state index in [1.807, 2.05) is 49.0 Å². The molecule has 1 atom stereocenters. The Kier molecular flexibility index (Phi) is 4.39. The van der Waals surface area contributed by atoms with Gasteiger partial charge in [-0.2, -0.15) is 0 Å². The summed E-state index contributed by atoms with van der Waals surface area (Å²) in [5.41, 5.74) is 3.16. The maximum atomic E-state index is 12.3. The topological polar surface area (TPSA) is 32.3 Å². The summed E-state index contributed by atoms with van der Waals surface area (Å²) in [4.78, 5) is 15.8. The van der Waals surface area contributed by atoms with Crippen LogP contribution in [-0.4, -0.2) is 24.2 Å². The fourth-order valence-corrected chi connectivity index (χ4v) is 3.89. The second-order valence-corrected chi connectivity index (χ2v) is 7.17. The van der Waals surface area contributed by atoms with Crippen molar-refractivity contribution in [1.82, 2.24) is 0 Å². The number of hydrogen-bond acceptors (Lipinski definition) is 3. The molecule has 1 heterocycles. The van der Waals surface area contributed by atoms with Crippen LogP contribution < -0.4 is 10.2 Å². The highest BCUT2D eigenvalue weighted by Crippen LogP contribution is 2.37. The molecule has 0 fully saturated rings. The average Bonchev–Trinajstić information content (AvgIpc) is 2.47. The van der Waals surface area contributed by atoms with E-state index in [0.717, 1.165) is 23.5 Å². The number of carbonyl (C=O) groups excluding carboxylic acids is 1. The lowest BCUT2D eigenvalue weighted by Crippen LogP contribution is -2.39. The van der Waals surface area contributed by atoms with Crippen LogP contribution in [0.15, 0.2) is 53.4 Å². The Balaban J connectivity index is 1.71. The van der Waals surface area contributed by atoms with Crippen LogP contribution in [0.5, 0.6) is 0 Å². The predicted molar refractivity (Wildman–Crippen MR) is 93.8 cm³/mol. The van der Waals surface area contributed by atoms with Gasteiger partial charge in [-0.25, -0.2) is 0 Å². The highest BCUT2D eigenvalue weighted by atomic mass is 32.2. The van der Waals surface area contributed by atoms with Crippen LogP contribution >= 0.6 is 11.8 Å². The number of amides is 1. The number of thioether (sulfide) groups is 1. The fourth-order valence-electron chi connectivity index (χ4n) is 2.73. The lowest BCUT2D eigenvalue weighted by Gasteiger charge is -2.33. The summed E-state index contributed by atoms with van der Waals surface area (Å²) in [6.07, 6.45) is 0. The third-order valence-electron chi connectivity index (χ3n) is 3.65. The lowest BCUT2D eigenvalue weighted by molar-refractivity contribution is -0.115. The van der Waals surface area contributed by atoms with Crippen LogP contribution in [-0.2, 0) is 4.79 Å². The van der Waals surface area contributed by atoms with E-state index in [9.17, 15) is 4.79 Å². The van der Waals surface area contributed by atoms with E-state index in [4.69, 9.17) is 0 Å². The summed E-state index contributed by atoms with van der Waals surface area (Å²) < 4.78 is 0. The van der Waals surface area contributed by atoms with Crippen molar-refractivity contribution in [3.63, 3.8) is 0 Å². The maximum Gasteiger partial charge on any atom is 0.243 e. The molecule has 1 unspecified atom stereocenters. The highest BCUT2D eigenvalue weighted by molar-refractivity contribution is 8.00. The first-order valence-electron chi connectivity index (χ1n) is 7.49. The molecule has 0 saturated carbocycles. The first-order valence-corrected chi connectivity index (χ1v) is 8.37. The number of rotatable bonds is 3. The van der Waals surface area contributed by atoms with E-state index in [1.54, 1.807) is 0 Å². The van der Waals surface area contributed by atoms with E-state index < -0.39 is 0 Å². The van der Waals surface area contributed by atoms with E-state index in [2.05, 4.69) is 35.3 Å². The third kappa shape index (κ3) is 3.45. The minimum Gasteiger partial charge on any atom is -0.360 e. The molecule has 1 aliphatic rings. The van der Waals surface area contributed by atoms with Gasteiger partial charge in [0.2, 0.25) is 5.91 Å². The number of nitrogens with zero attached hydrogens (tertiary/aromatic N) is 1. The zero-order chi connectivity index (χ0) is 15.5. The number of aryl methyl sites for hydroxylation is 1. The molecule has 1 aliphatic heterocycles. The van der Waals surface area contributed by atoms with Crippen molar-refractivity contribution in [3.05, 3.63) is 54.1 Å². The van der Waals surface area contributed by atoms with Crippen LogP contribution in [0.25, 0.3) is 0 Å². The van der Waals surface area contributed by atoms with Crippen molar-refractivity contribution in [1.29, 1.82) is 0 Å². The number of para-hydroxylation sites is 1. The van der Waals surface area contributed by atoms with Gasteiger partial charge in [0.1, 0.15) is 0 Å². The third-order valence-corrected chi connectivity index (χ3v) is 4.80. The summed E-state index contributed by atoms with van der Waals surface area (Å²) >= 11 is 1.88. The molecule has 3 rings (SSSR count). The predicted octanol–water partition coefficient (Wildman–Crippen LogP) is 3.93. The SMILES string of the molecule is Cc1cccc(NC(=O)CN2CC(C)Sc3ccccc32)c1. The summed E-state index contributed by atoms with van der Waals surface area (Å²) in [7, 11) is 0. The summed E-state index contributed by atoms with van der Waals surface area (Å²) in [5, 5.41) is 3.48. The van der Waals surface area contributed by atoms with Gasteiger partial charge in [0, 0.05) is 22.4 Å². The Morgan fingerprint density at radius 3 is 2.91 bits per heavy atom. The number of nitrogens with one attached hydrogen (secondary N) is 1. The van der Waals surface area contributed by atoms with Gasteiger partial charge < -0.3 is 10.2 Å². The Morgan fingerprint density at radius 1 is 1.27 bits per heavy atom. The lowest BCUT2D eigenvalue weighted by atomic mass is 10.2. The number of anilines is 2. The molecule has 114 valence electrons. The molecule has 0 spiro atoms. The molecule has 2 aromatic rings. The molecule has 1 N–H and O–H groups in total. The first-order chi connectivity index (χ1) is 10.6. The van der Waals surface area contributed by atoms with Gasteiger partial charge in [-0.15, -0.1) is 11.8 Å². The Bertz CT molecular complexity index is 686. The molecule has 0 saturated heterocycles. The van der Waals surface area contributed by atoms with E-state index >= 15 is 0 Å². The molecule has 1 amide bonds. The molecular weight excluding hydrogens is 292 g/mol. The second-order valence-electron chi connectivity index (χ2n) is 5.69. The summed E-state index contributed by atoms with van der Waals surface area (Å²) in [6, 6.07) is 16.2. The fraction of sp³-hybridized carbons (Fsp3) is 0.278. The van der Waals surface area contributed by atoms with Crippen LogP contribution in [0.4, 0.5) is 11.4 Å².